The maximum absolute atomic E-state index is 12.0. The van der Waals surface area contributed by atoms with Crippen LogP contribution >= 0.6 is 0 Å². The fraction of sp³-hybridized carbons (Fsp3) is 0.0952. The molecule has 3 aromatic rings. The Balaban J connectivity index is 1.57. The van der Waals surface area contributed by atoms with Crippen molar-refractivity contribution in [3.63, 3.8) is 0 Å². The number of hydrogen-bond donors (Lipinski definition) is 1. The maximum Gasteiger partial charge on any atom is 0.244 e. The molecule has 2 aromatic carbocycles. The van der Waals surface area contributed by atoms with Gasteiger partial charge in [-0.05, 0) is 54.1 Å². The Morgan fingerprint density at radius 2 is 2.04 bits per heavy atom. The summed E-state index contributed by atoms with van der Waals surface area (Å²) in [5.41, 5.74) is 4.76. The van der Waals surface area contributed by atoms with Crippen LogP contribution < -0.4 is 10.2 Å². The van der Waals surface area contributed by atoms with Crippen molar-refractivity contribution in [2.24, 2.45) is 5.10 Å². The number of furan rings is 1. The molecule has 0 saturated carbocycles. The minimum Gasteiger partial charge on any atom is -0.497 e. The van der Waals surface area contributed by atoms with E-state index in [0.717, 1.165) is 11.1 Å². The molecule has 0 bridgehead atoms. The summed E-state index contributed by atoms with van der Waals surface area (Å²) < 4.78 is 10.8. The van der Waals surface area contributed by atoms with Gasteiger partial charge in [0.2, 0.25) is 5.91 Å². The van der Waals surface area contributed by atoms with Crippen LogP contribution in [-0.2, 0) is 11.2 Å². The first-order chi connectivity index (χ1) is 13.2. The van der Waals surface area contributed by atoms with Gasteiger partial charge >= 0.3 is 0 Å². The van der Waals surface area contributed by atoms with Crippen molar-refractivity contribution >= 4 is 12.1 Å². The number of nitrogens with one attached hydrogen (secondary N) is 1. The van der Waals surface area contributed by atoms with Crippen molar-refractivity contribution in [3.8, 4) is 23.1 Å². The van der Waals surface area contributed by atoms with Gasteiger partial charge in [-0.15, -0.1) is 0 Å². The quantitative estimate of drug-likeness (QED) is 0.539. The second-order valence-electron chi connectivity index (χ2n) is 5.71. The van der Waals surface area contributed by atoms with Gasteiger partial charge in [-0.25, -0.2) is 5.43 Å². The van der Waals surface area contributed by atoms with Crippen LogP contribution in [0.1, 0.15) is 16.9 Å². The van der Waals surface area contributed by atoms with E-state index in [1.807, 2.05) is 30.3 Å². The number of methoxy groups -OCH3 is 1. The Labute approximate surface area is 156 Å². The van der Waals surface area contributed by atoms with E-state index in [1.54, 1.807) is 37.4 Å². The third kappa shape index (κ3) is 4.83. The standard InChI is InChI=1S/C21H17N3O3/c1-26-18-4-2-3-16(11-18)12-21(25)24-23-14-19-9-10-20(27-19)17-7-5-15(13-22)6-8-17/h2-11,14H,12H2,1H3,(H,24,25)/b23-14+. The highest BCUT2D eigenvalue weighted by Gasteiger charge is 2.05. The number of carbonyl (C=O) groups is 1. The van der Waals surface area contributed by atoms with Crippen molar-refractivity contribution in [2.45, 2.75) is 6.42 Å². The van der Waals surface area contributed by atoms with E-state index in [4.69, 9.17) is 14.4 Å². The number of carbonyl (C=O) groups excluding carboxylic acids is 1. The van der Waals surface area contributed by atoms with Gasteiger partial charge in [0.05, 0.1) is 31.4 Å². The lowest BCUT2D eigenvalue weighted by Gasteiger charge is -2.03. The normalized spacial score (nSPS) is 10.5. The SMILES string of the molecule is COc1cccc(CC(=O)N/N=C/c2ccc(-c3ccc(C#N)cc3)o2)c1. The first kappa shape index (κ1) is 18.0. The summed E-state index contributed by atoms with van der Waals surface area (Å²) in [6, 6.07) is 20.0. The molecule has 6 nitrogen and oxygen atoms in total. The predicted octanol–water partition coefficient (Wildman–Crippen LogP) is 3.52. The summed E-state index contributed by atoms with van der Waals surface area (Å²) in [7, 11) is 1.58. The van der Waals surface area contributed by atoms with Crippen LogP contribution in [0.15, 0.2) is 70.2 Å². The third-order valence-electron chi connectivity index (χ3n) is 3.81. The first-order valence-electron chi connectivity index (χ1n) is 8.23. The fourth-order valence-corrected chi connectivity index (χ4v) is 2.46. The molecule has 27 heavy (non-hydrogen) atoms. The average Bonchev–Trinajstić information content (AvgIpc) is 3.17. The molecule has 1 aromatic heterocycles. The number of nitrogens with zero attached hydrogens (tertiary/aromatic N) is 2. The number of benzene rings is 2. The van der Waals surface area contributed by atoms with E-state index >= 15 is 0 Å². The van der Waals surface area contributed by atoms with Gasteiger partial charge in [0.25, 0.3) is 0 Å². The Kier molecular flexibility index (Phi) is 5.65. The van der Waals surface area contributed by atoms with Crippen molar-refractivity contribution in [1.29, 1.82) is 5.26 Å². The van der Waals surface area contributed by atoms with Crippen LogP contribution in [0.4, 0.5) is 0 Å². The lowest BCUT2D eigenvalue weighted by Crippen LogP contribution is -2.19. The summed E-state index contributed by atoms with van der Waals surface area (Å²) in [6.07, 6.45) is 1.64. The Bertz CT molecular complexity index is 998. The van der Waals surface area contributed by atoms with Crippen molar-refractivity contribution in [2.75, 3.05) is 7.11 Å². The number of ether oxygens (including phenoxy) is 1. The summed E-state index contributed by atoms with van der Waals surface area (Å²) in [4.78, 5) is 12.0. The molecule has 0 aliphatic carbocycles. The van der Waals surface area contributed by atoms with Crippen LogP contribution in [0.25, 0.3) is 11.3 Å². The first-order valence-corrected chi connectivity index (χ1v) is 8.23. The number of hydrogen-bond acceptors (Lipinski definition) is 5. The lowest BCUT2D eigenvalue weighted by molar-refractivity contribution is -0.120. The fourth-order valence-electron chi connectivity index (χ4n) is 2.46. The highest BCUT2D eigenvalue weighted by Crippen LogP contribution is 2.21. The predicted molar refractivity (Wildman–Crippen MR) is 101 cm³/mol. The summed E-state index contributed by atoms with van der Waals surface area (Å²) in [5, 5.41) is 12.8. The molecule has 3 rings (SSSR count). The topological polar surface area (TPSA) is 87.6 Å². The van der Waals surface area contributed by atoms with E-state index in [2.05, 4.69) is 16.6 Å². The molecule has 0 aliphatic rings. The molecule has 134 valence electrons. The number of nitriles is 1. The Morgan fingerprint density at radius 1 is 1.22 bits per heavy atom. The summed E-state index contributed by atoms with van der Waals surface area (Å²) in [6.45, 7) is 0. The van der Waals surface area contributed by atoms with E-state index in [1.165, 1.54) is 6.21 Å². The summed E-state index contributed by atoms with van der Waals surface area (Å²) >= 11 is 0. The van der Waals surface area contributed by atoms with Gasteiger partial charge in [0, 0.05) is 5.56 Å². The van der Waals surface area contributed by atoms with E-state index in [9.17, 15) is 4.79 Å². The van der Waals surface area contributed by atoms with E-state index in [0.29, 0.717) is 22.8 Å². The molecule has 1 N–H and O–H groups in total. The molecular weight excluding hydrogens is 342 g/mol. The molecule has 0 saturated heterocycles. The largest absolute Gasteiger partial charge is 0.497 e. The van der Waals surface area contributed by atoms with Crippen LogP contribution in [0.5, 0.6) is 5.75 Å². The second-order valence-corrected chi connectivity index (χ2v) is 5.71. The third-order valence-corrected chi connectivity index (χ3v) is 3.81. The zero-order valence-corrected chi connectivity index (χ0v) is 14.7. The van der Waals surface area contributed by atoms with Crippen molar-refractivity contribution < 1.29 is 13.9 Å². The van der Waals surface area contributed by atoms with E-state index < -0.39 is 0 Å². The smallest absolute Gasteiger partial charge is 0.244 e. The Morgan fingerprint density at radius 3 is 2.78 bits per heavy atom. The monoisotopic (exact) mass is 359 g/mol. The number of hydrazone groups is 1. The van der Waals surface area contributed by atoms with Gasteiger partial charge < -0.3 is 9.15 Å². The Hall–Kier alpha value is -3.85. The molecule has 0 aliphatic heterocycles. The second kappa shape index (κ2) is 8.50. The molecule has 6 heteroatoms. The number of amides is 1. The van der Waals surface area contributed by atoms with Crippen molar-refractivity contribution in [1.82, 2.24) is 5.43 Å². The van der Waals surface area contributed by atoms with Gasteiger partial charge in [0.15, 0.2) is 0 Å². The average molecular weight is 359 g/mol. The molecular formula is C21H17N3O3. The number of rotatable bonds is 6. The van der Waals surface area contributed by atoms with Gasteiger partial charge in [-0.1, -0.05) is 12.1 Å². The van der Waals surface area contributed by atoms with Crippen molar-refractivity contribution in [3.05, 3.63) is 77.6 Å². The molecule has 1 amide bonds. The lowest BCUT2D eigenvalue weighted by atomic mass is 10.1. The zero-order valence-electron chi connectivity index (χ0n) is 14.7. The molecule has 0 spiro atoms. The van der Waals surface area contributed by atoms with Gasteiger partial charge in [-0.2, -0.15) is 10.4 Å². The zero-order chi connectivity index (χ0) is 19.1. The van der Waals surface area contributed by atoms with Crippen LogP contribution in [0, 0.1) is 11.3 Å². The minimum atomic E-state index is -0.238. The molecule has 1 heterocycles. The highest BCUT2D eigenvalue weighted by atomic mass is 16.5. The van der Waals surface area contributed by atoms with E-state index in [-0.39, 0.29) is 12.3 Å². The van der Waals surface area contributed by atoms with Gasteiger partial charge in [-0.3, -0.25) is 4.79 Å². The summed E-state index contributed by atoms with van der Waals surface area (Å²) in [5.74, 6) is 1.63. The van der Waals surface area contributed by atoms with Crippen LogP contribution in [-0.4, -0.2) is 19.2 Å². The molecule has 0 atom stereocenters. The van der Waals surface area contributed by atoms with Gasteiger partial charge in [0.1, 0.15) is 17.3 Å². The van der Waals surface area contributed by atoms with Crippen LogP contribution in [0.3, 0.4) is 0 Å². The molecule has 0 radical (unpaired) electrons. The molecule has 0 fully saturated rings. The minimum absolute atomic E-state index is 0.198. The highest BCUT2D eigenvalue weighted by molar-refractivity contribution is 5.82. The van der Waals surface area contributed by atoms with Crippen LogP contribution in [0.2, 0.25) is 0 Å². The molecule has 0 unspecified atom stereocenters. The maximum atomic E-state index is 12.0.